The maximum atomic E-state index is 12.1. The molecule has 2 N–H and O–H groups in total. The van der Waals surface area contributed by atoms with E-state index in [0.717, 1.165) is 11.3 Å². The largest absolute Gasteiger partial charge is 0.326 e. The molecule has 5 nitrogen and oxygen atoms in total. The van der Waals surface area contributed by atoms with Gasteiger partial charge in [-0.05, 0) is 37.1 Å². The highest BCUT2D eigenvalue weighted by Crippen LogP contribution is 2.21. The van der Waals surface area contributed by atoms with Crippen LogP contribution in [0, 0.1) is 19.3 Å². The summed E-state index contributed by atoms with van der Waals surface area (Å²) in [4.78, 5) is 28.4. The van der Waals surface area contributed by atoms with Crippen LogP contribution in [0.25, 0.3) is 0 Å². The molecule has 0 atom stereocenters. The first-order valence-electron chi connectivity index (χ1n) is 7.78. The molecule has 1 aromatic carbocycles. The zero-order valence-corrected chi connectivity index (χ0v) is 15.5. The molecular weight excluding hydrogens is 322 g/mol. The third-order valence-corrected chi connectivity index (χ3v) is 4.39. The van der Waals surface area contributed by atoms with Crippen molar-refractivity contribution in [3.05, 3.63) is 40.4 Å². The number of hydrogen-bond donors (Lipinski definition) is 2. The molecule has 128 valence electrons. The van der Waals surface area contributed by atoms with Gasteiger partial charge in [0.2, 0.25) is 11.8 Å². The highest BCUT2D eigenvalue weighted by Gasteiger charge is 2.22. The monoisotopic (exact) mass is 345 g/mol. The lowest BCUT2D eigenvalue weighted by Crippen LogP contribution is -2.27. The van der Waals surface area contributed by atoms with Crippen LogP contribution in [0.1, 0.15) is 37.6 Å². The van der Waals surface area contributed by atoms with E-state index in [1.165, 1.54) is 16.9 Å². The van der Waals surface area contributed by atoms with Crippen molar-refractivity contribution >= 4 is 34.0 Å². The normalized spacial score (nSPS) is 11.2. The smallest absolute Gasteiger partial charge is 0.231 e. The van der Waals surface area contributed by atoms with Crippen LogP contribution < -0.4 is 10.6 Å². The fraction of sp³-hybridized carbons (Fsp3) is 0.389. The average Bonchev–Trinajstić information content (AvgIpc) is 2.89. The van der Waals surface area contributed by atoms with Gasteiger partial charge in [0.15, 0.2) is 5.13 Å². The van der Waals surface area contributed by atoms with E-state index in [-0.39, 0.29) is 18.2 Å². The van der Waals surface area contributed by atoms with E-state index in [9.17, 15) is 9.59 Å². The van der Waals surface area contributed by atoms with Gasteiger partial charge < -0.3 is 10.6 Å². The van der Waals surface area contributed by atoms with Gasteiger partial charge in [-0.1, -0.05) is 26.8 Å². The van der Waals surface area contributed by atoms with Gasteiger partial charge in [-0.15, -0.1) is 11.3 Å². The highest BCUT2D eigenvalue weighted by atomic mass is 32.1. The molecule has 0 bridgehead atoms. The third kappa shape index (κ3) is 4.89. The SMILES string of the molecule is Cc1ccc(NC(=O)Cc2csc(NC(=O)C(C)(C)C)n2)cc1C. The van der Waals surface area contributed by atoms with Crippen LogP contribution in [0.4, 0.5) is 10.8 Å². The number of benzene rings is 1. The lowest BCUT2D eigenvalue weighted by Gasteiger charge is -2.15. The Bertz CT molecular complexity index is 760. The molecule has 0 saturated heterocycles. The quantitative estimate of drug-likeness (QED) is 0.882. The van der Waals surface area contributed by atoms with Gasteiger partial charge in [0, 0.05) is 16.5 Å². The Morgan fingerprint density at radius 3 is 2.46 bits per heavy atom. The van der Waals surface area contributed by atoms with Crippen LogP contribution in [0.5, 0.6) is 0 Å². The number of carbonyl (C=O) groups excluding carboxylic acids is 2. The van der Waals surface area contributed by atoms with E-state index in [4.69, 9.17) is 0 Å². The molecule has 1 heterocycles. The topological polar surface area (TPSA) is 71.1 Å². The van der Waals surface area contributed by atoms with E-state index in [0.29, 0.717) is 10.8 Å². The van der Waals surface area contributed by atoms with Gasteiger partial charge in [0.25, 0.3) is 0 Å². The fourth-order valence-electron chi connectivity index (χ4n) is 1.92. The van der Waals surface area contributed by atoms with Crippen LogP contribution in [0.2, 0.25) is 0 Å². The molecule has 0 unspecified atom stereocenters. The average molecular weight is 345 g/mol. The third-order valence-electron chi connectivity index (χ3n) is 3.59. The van der Waals surface area contributed by atoms with E-state index in [2.05, 4.69) is 15.6 Å². The summed E-state index contributed by atoms with van der Waals surface area (Å²) in [6.45, 7) is 9.56. The number of thiazole rings is 1. The lowest BCUT2D eigenvalue weighted by molar-refractivity contribution is -0.123. The van der Waals surface area contributed by atoms with Crippen molar-refractivity contribution in [2.24, 2.45) is 5.41 Å². The molecule has 0 fully saturated rings. The molecule has 6 heteroatoms. The lowest BCUT2D eigenvalue weighted by atomic mass is 9.96. The first kappa shape index (κ1) is 18.1. The van der Waals surface area contributed by atoms with Crippen molar-refractivity contribution < 1.29 is 9.59 Å². The Labute approximate surface area is 146 Å². The van der Waals surface area contributed by atoms with Gasteiger partial charge in [0.05, 0.1) is 12.1 Å². The Morgan fingerprint density at radius 2 is 1.83 bits per heavy atom. The number of aromatic nitrogens is 1. The van der Waals surface area contributed by atoms with Crippen molar-refractivity contribution in [1.82, 2.24) is 4.98 Å². The minimum absolute atomic E-state index is 0.0945. The van der Waals surface area contributed by atoms with Crippen molar-refractivity contribution in [2.75, 3.05) is 10.6 Å². The number of anilines is 2. The van der Waals surface area contributed by atoms with Crippen LogP contribution in [0.3, 0.4) is 0 Å². The summed E-state index contributed by atoms with van der Waals surface area (Å²) in [6, 6.07) is 5.81. The fourth-order valence-corrected chi connectivity index (χ4v) is 2.62. The zero-order chi connectivity index (χ0) is 17.9. The molecule has 2 aromatic rings. The molecule has 0 radical (unpaired) electrons. The minimum Gasteiger partial charge on any atom is -0.326 e. The van der Waals surface area contributed by atoms with Crippen LogP contribution >= 0.6 is 11.3 Å². The minimum atomic E-state index is -0.480. The predicted molar refractivity (Wildman–Crippen MR) is 98.4 cm³/mol. The molecule has 1 aromatic heterocycles. The van der Waals surface area contributed by atoms with Gasteiger partial charge in [-0.3, -0.25) is 9.59 Å². The summed E-state index contributed by atoms with van der Waals surface area (Å²) in [5, 5.41) is 7.95. The number of amides is 2. The first-order chi connectivity index (χ1) is 11.1. The molecule has 0 aliphatic rings. The first-order valence-corrected chi connectivity index (χ1v) is 8.66. The maximum absolute atomic E-state index is 12.1. The molecule has 0 spiro atoms. The second kappa shape index (κ2) is 7.13. The second-order valence-electron chi connectivity index (χ2n) is 6.87. The molecular formula is C18H23N3O2S. The summed E-state index contributed by atoms with van der Waals surface area (Å²) < 4.78 is 0. The van der Waals surface area contributed by atoms with Crippen LogP contribution in [-0.2, 0) is 16.0 Å². The number of carbonyl (C=O) groups is 2. The molecule has 2 rings (SSSR count). The summed E-state index contributed by atoms with van der Waals surface area (Å²) in [6.07, 6.45) is 0.175. The number of nitrogens with zero attached hydrogens (tertiary/aromatic N) is 1. The number of aryl methyl sites for hydroxylation is 2. The van der Waals surface area contributed by atoms with Crippen LogP contribution in [-0.4, -0.2) is 16.8 Å². The van der Waals surface area contributed by atoms with E-state index in [1.807, 2.05) is 52.8 Å². The van der Waals surface area contributed by atoms with E-state index in [1.54, 1.807) is 5.38 Å². The maximum Gasteiger partial charge on any atom is 0.231 e. The van der Waals surface area contributed by atoms with Gasteiger partial charge in [-0.2, -0.15) is 0 Å². The highest BCUT2D eigenvalue weighted by molar-refractivity contribution is 7.13. The Hall–Kier alpha value is -2.21. The van der Waals surface area contributed by atoms with Gasteiger partial charge in [-0.25, -0.2) is 4.98 Å². The van der Waals surface area contributed by atoms with Crippen molar-refractivity contribution in [3.8, 4) is 0 Å². The summed E-state index contributed by atoms with van der Waals surface area (Å²) >= 11 is 1.32. The number of hydrogen-bond acceptors (Lipinski definition) is 4. The molecule has 0 aliphatic carbocycles. The molecule has 24 heavy (non-hydrogen) atoms. The van der Waals surface area contributed by atoms with Crippen molar-refractivity contribution in [1.29, 1.82) is 0 Å². The standard InChI is InChI=1S/C18H23N3O2S/c1-11-6-7-13(8-12(11)2)19-15(22)9-14-10-24-17(20-14)21-16(23)18(3,4)5/h6-8,10H,9H2,1-5H3,(H,19,22)(H,20,21,23). The van der Waals surface area contributed by atoms with Crippen LogP contribution in [0.15, 0.2) is 23.6 Å². The second-order valence-corrected chi connectivity index (χ2v) is 7.73. The van der Waals surface area contributed by atoms with Crippen molar-refractivity contribution in [3.63, 3.8) is 0 Å². The van der Waals surface area contributed by atoms with E-state index >= 15 is 0 Å². The Kier molecular flexibility index (Phi) is 5.39. The zero-order valence-electron chi connectivity index (χ0n) is 14.7. The molecule has 2 amide bonds. The Balaban J connectivity index is 1.95. The number of nitrogens with one attached hydrogen (secondary N) is 2. The predicted octanol–water partition coefficient (Wildman–Crippen LogP) is 3.93. The van der Waals surface area contributed by atoms with Gasteiger partial charge in [0.1, 0.15) is 0 Å². The number of rotatable bonds is 4. The molecule has 0 aliphatic heterocycles. The summed E-state index contributed by atoms with van der Waals surface area (Å²) in [7, 11) is 0. The van der Waals surface area contributed by atoms with Crippen molar-refractivity contribution in [2.45, 2.75) is 41.0 Å². The van der Waals surface area contributed by atoms with E-state index < -0.39 is 5.41 Å². The Morgan fingerprint density at radius 1 is 1.12 bits per heavy atom. The summed E-state index contributed by atoms with van der Waals surface area (Å²) in [5.74, 6) is -0.222. The molecule has 0 saturated carbocycles. The summed E-state index contributed by atoms with van der Waals surface area (Å²) in [5.41, 5.74) is 3.26. The van der Waals surface area contributed by atoms with Gasteiger partial charge >= 0.3 is 0 Å².